The van der Waals surface area contributed by atoms with E-state index < -0.39 is 6.10 Å². The highest BCUT2D eigenvalue weighted by molar-refractivity contribution is 5.29. The Morgan fingerprint density at radius 3 is 2.94 bits per heavy atom. The summed E-state index contributed by atoms with van der Waals surface area (Å²) in [4.78, 5) is 0. The van der Waals surface area contributed by atoms with Crippen LogP contribution in [0.1, 0.15) is 18.6 Å². The average Bonchev–Trinajstić information content (AvgIpc) is 2.35. The minimum atomic E-state index is -0.530. The Labute approximate surface area is 96.8 Å². The molecule has 0 aliphatic rings. The highest BCUT2D eigenvalue weighted by Gasteiger charge is 2.08. The van der Waals surface area contributed by atoms with Crippen LogP contribution in [0.5, 0.6) is 5.75 Å². The first-order valence-electron chi connectivity index (χ1n) is 5.35. The van der Waals surface area contributed by atoms with Gasteiger partial charge in [0.15, 0.2) is 0 Å². The molecule has 0 aromatic heterocycles. The Morgan fingerprint density at radius 2 is 2.31 bits per heavy atom. The van der Waals surface area contributed by atoms with Crippen molar-refractivity contribution in [3.63, 3.8) is 0 Å². The highest BCUT2D eigenvalue weighted by atomic mass is 16.5. The Kier molecular flexibility index (Phi) is 5.02. The van der Waals surface area contributed by atoms with E-state index >= 15 is 0 Å². The van der Waals surface area contributed by atoms with E-state index in [2.05, 4.69) is 11.9 Å². The zero-order valence-electron chi connectivity index (χ0n) is 9.81. The maximum absolute atomic E-state index is 9.93. The number of ether oxygens (including phenoxy) is 1. The summed E-state index contributed by atoms with van der Waals surface area (Å²) in [5.74, 6) is 0.758. The van der Waals surface area contributed by atoms with Crippen LogP contribution >= 0.6 is 0 Å². The van der Waals surface area contributed by atoms with Crippen LogP contribution in [0.25, 0.3) is 0 Å². The van der Waals surface area contributed by atoms with Crippen LogP contribution in [-0.2, 0) is 0 Å². The van der Waals surface area contributed by atoms with Gasteiger partial charge >= 0.3 is 0 Å². The van der Waals surface area contributed by atoms with Crippen LogP contribution in [0, 0.1) is 0 Å². The number of aliphatic hydroxyl groups is 1. The number of benzene rings is 1. The Balaban J connectivity index is 2.58. The summed E-state index contributed by atoms with van der Waals surface area (Å²) in [6.45, 7) is 6.17. The predicted octanol–water partition coefficient (Wildman–Crippen LogP) is 1.89. The van der Waals surface area contributed by atoms with E-state index in [1.165, 1.54) is 0 Å². The molecule has 2 unspecified atom stereocenters. The molecule has 0 bridgehead atoms. The van der Waals surface area contributed by atoms with Crippen molar-refractivity contribution in [1.29, 1.82) is 0 Å². The lowest BCUT2D eigenvalue weighted by Gasteiger charge is -2.15. The first-order chi connectivity index (χ1) is 7.67. The maximum Gasteiger partial charge on any atom is 0.119 e. The van der Waals surface area contributed by atoms with Crippen LogP contribution in [0.3, 0.4) is 0 Å². The molecule has 0 aliphatic heterocycles. The first-order valence-corrected chi connectivity index (χ1v) is 5.35. The third kappa shape index (κ3) is 3.68. The van der Waals surface area contributed by atoms with Gasteiger partial charge in [0.1, 0.15) is 5.75 Å². The van der Waals surface area contributed by atoms with Gasteiger partial charge < -0.3 is 15.2 Å². The highest BCUT2D eigenvalue weighted by Crippen LogP contribution is 2.18. The smallest absolute Gasteiger partial charge is 0.119 e. The number of hydrogen-bond donors (Lipinski definition) is 2. The summed E-state index contributed by atoms with van der Waals surface area (Å²) in [6.07, 6.45) is 1.27. The molecule has 0 spiro atoms. The van der Waals surface area contributed by atoms with Crippen LogP contribution in [0.15, 0.2) is 36.9 Å². The van der Waals surface area contributed by atoms with Gasteiger partial charge in [0.2, 0.25) is 0 Å². The summed E-state index contributed by atoms with van der Waals surface area (Å²) >= 11 is 0. The summed E-state index contributed by atoms with van der Waals surface area (Å²) in [5, 5.41) is 13.1. The number of aliphatic hydroxyl groups excluding tert-OH is 1. The lowest BCUT2D eigenvalue weighted by molar-refractivity contribution is 0.172. The number of methoxy groups -OCH3 is 1. The van der Waals surface area contributed by atoms with E-state index in [-0.39, 0.29) is 6.04 Å². The summed E-state index contributed by atoms with van der Waals surface area (Å²) in [5.41, 5.74) is 0.850. The molecule has 0 fully saturated rings. The van der Waals surface area contributed by atoms with Gasteiger partial charge in [-0.05, 0) is 24.6 Å². The van der Waals surface area contributed by atoms with E-state index in [1.54, 1.807) is 13.2 Å². The molecule has 3 heteroatoms. The van der Waals surface area contributed by atoms with E-state index in [0.717, 1.165) is 11.3 Å². The second-order valence-electron chi connectivity index (χ2n) is 3.73. The van der Waals surface area contributed by atoms with Crippen molar-refractivity contribution in [1.82, 2.24) is 5.32 Å². The van der Waals surface area contributed by atoms with Crippen molar-refractivity contribution in [2.75, 3.05) is 13.7 Å². The SMILES string of the molecule is C=CC(C)NCC(O)c1cccc(OC)c1. The van der Waals surface area contributed by atoms with E-state index in [9.17, 15) is 5.11 Å². The minimum absolute atomic E-state index is 0.195. The molecule has 2 N–H and O–H groups in total. The molecule has 88 valence electrons. The molecule has 1 aromatic carbocycles. The molecule has 3 nitrogen and oxygen atoms in total. The lowest BCUT2D eigenvalue weighted by atomic mass is 10.1. The zero-order chi connectivity index (χ0) is 12.0. The fraction of sp³-hybridized carbons (Fsp3) is 0.385. The van der Waals surface area contributed by atoms with Crippen molar-refractivity contribution < 1.29 is 9.84 Å². The number of hydrogen-bond acceptors (Lipinski definition) is 3. The molecule has 1 rings (SSSR count). The minimum Gasteiger partial charge on any atom is -0.497 e. The van der Waals surface area contributed by atoms with Crippen molar-refractivity contribution >= 4 is 0 Å². The average molecular weight is 221 g/mol. The monoisotopic (exact) mass is 221 g/mol. The van der Waals surface area contributed by atoms with Gasteiger partial charge in [-0.2, -0.15) is 0 Å². The van der Waals surface area contributed by atoms with Crippen LogP contribution in [-0.4, -0.2) is 24.8 Å². The molecule has 0 radical (unpaired) electrons. The molecule has 1 aromatic rings. The molecule has 2 atom stereocenters. The molecular weight excluding hydrogens is 202 g/mol. The van der Waals surface area contributed by atoms with Crippen LogP contribution in [0.2, 0.25) is 0 Å². The largest absolute Gasteiger partial charge is 0.497 e. The van der Waals surface area contributed by atoms with Gasteiger partial charge in [-0.25, -0.2) is 0 Å². The Morgan fingerprint density at radius 1 is 1.56 bits per heavy atom. The summed E-state index contributed by atoms with van der Waals surface area (Å²) < 4.78 is 5.10. The topological polar surface area (TPSA) is 41.5 Å². The van der Waals surface area contributed by atoms with Crippen LogP contribution < -0.4 is 10.1 Å². The number of rotatable bonds is 6. The van der Waals surface area contributed by atoms with Crippen LogP contribution in [0.4, 0.5) is 0 Å². The maximum atomic E-state index is 9.93. The lowest BCUT2D eigenvalue weighted by Crippen LogP contribution is -2.28. The van der Waals surface area contributed by atoms with Gasteiger partial charge in [-0.3, -0.25) is 0 Å². The van der Waals surface area contributed by atoms with Crippen molar-refractivity contribution in [2.24, 2.45) is 0 Å². The van der Waals surface area contributed by atoms with E-state index in [1.807, 2.05) is 31.2 Å². The number of nitrogens with one attached hydrogen (secondary N) is 1. The van der Waals surface area contributed by atoms with Gasteiger partial charge in [-0.1, -0.05) is 18.2 Å². The second kappa shape index (κ2) is 6.30. The molecule has 0 saturated heterocycles. The Bertz CT molecular complexity index is 338. The normalized spacial score (nSPS) is 14.2. The molecule has 16 heavy (non-hydrogen) atoms. The molecule has 0 saturated carbocycles. The molecular formula is C13H19NO2. The van der Waals surface area contributed by atoms with Gasteiger partial charge in [-0.15, -0.1) is 6.58 Å². The van der Waals surface area contributed by atoms with Crippen molar-refractivity contribution in [3.8, 4) is 5.75 Å². The van der Waals surface area contributed by atoms with Gasteiger partial charge in [0.25, 0.3) is 0 Å². The van der Waals surface area contributed by atoms with E-state index in [4.69, 9.17) is 4.74 Å². The van der Waals surface area contributed by atoms with Gasteiger partial charge in [0.05, 0.1) is 13.2 Å². The predicted molar refractivity (Wildman–Crippen MR) is 65.6 cm³/mol. The zero-order valence-corrected chi connectivity index (χ0v) is 9.81. The third-order valence-electron chi connectivity index (χ3n) is 2.47. The van der Waals surface area contributed by atoms with Crippen molar-refractivity contribution in [3.05, 3.63) is 42.5 Å². The van der Waals surface area contributed by atoms with Gasteiger partial charge in [0, 0.05) is 12.6 Å². The fourth-order valence-electron chi connectivity index (χ4n) is 1.35. The molecule has 0 amide bonds. The molecule has 0 heterocycles. The Hall–Kier alpha value is -1.32. The van der Waals surface area contributed by atoms with Crippen molar-refractivity contribution in [2.45, 2.75) is 19.1 Å². The standard InChI is InChI=1S/C13H19NO2/c1-4-10(2)14-9-13(15)11-6-5-7-12(8-11)16-3/h4-8,10,13-15H,1,9H2,2-3H3. The second-order valence-corrected chi connectivity index (χ2v) is 3.73. The molecule has 0 aliphatic carbocycles. The van der Waals surface area contributed by atoms with E-state index in [0.29, 0.717) is 6.54 Å². The summed E-state index contributed by atoms with van der Waals surface area (Å²) in [6, 6.07) is 7.64. The third-order valence-corrected chi connectivity index (χ3v) is 2.47. The quantitative estimate of drug-likeness (QED) is 0.721. The first kappa shape index (κ1) is 12.7. The fourth-order valence-corrected chi connectivity index (χ4v) is 1.35. The summed E-state index contributed by atoms with van der Waals surface area (Å²) in [7, 11) is 1.61.